The number of carbonyl (C=O) groups is 3. The lowest BCUT2D eigenvalue weighted by Gasteiger charge is -2.31. The van der Waals surface area contributed by atoms with Crippen molar-refractivity contribution in [1.29, 1.82) is 0 Å². The van der Waals surface area contributed by atoms with Gasteiger partial charge in [-0.05, 0) is 37.5 Å². The lowest BCUT2D eigenvalue weighted by molar-refractivity contribution is -0.132. The Morgan fingerprint density at radius 2 is 1.83 bits per heavy atom. The molecule has 8 heteroatoms. The van der Waals surface area contributed by atoms with Crippen LogP contribution in [0.5, 0.6) is 0 Å². The summed E-state index contributed by atoms with van der Waals surface area (Å²) in [6.07, 6.45) is 1.95. The first-order valence-electron chi connectivity index (χ1n) is 11.9. The number of aryl methyl sites for hydroxylation is 1. The fraction of sp³-hybridized carbons (Fsp3) is 0.333. The number of hydrogen-bond acceptors (Lipinski definition) is 5. The Balaban J connectivity index is 1.36. The molecule has 2 heterocycles. The number of likely N-dealkylation sites (tertiary alicyclic amines) is 1. The standard InChI is InChI=1S/C27H30N4O3S/c1-18-8-9-23(22(16-18)20-6-4-3-5-7-20)29-26(34)24-17-35-27(30-24)21-11-14-31(15-12-21)25(33)10-13-28-19(2)32/h3-9,16-17,21H,10-15H2,1-2H3,(H,28,32)(H,29,34). The van der Waals surface area contributed by atoms with Crippen LogP contribution < -0.4 is 10.6 Å². The quantitative estimate of drug-likeness (QED) is 0.506. The number of amides is 3. The van der Waals surface area contributed by atoms with Gasteiger partial charge in [-0.1, -0.05) is 42.0 Å². The van der Waals surface area contributed by atoms with E-state index in [0.717, 1.165) is 40.2 Å². The van der Waals surface area contributed by atoms with Crippen LogP contribution in [0.4, 0.5) is 5.69 Å². The largest absolute Gasteiger partial charge is 0.356 e. The predicted molar refractivity (Wildman–Crippen MR) is 139 cm³/mol. The van der Waals surface area contributed by atoms with Crippen molar-refractivity contribution in [3.05, 3.63) is 70.2 Å². The number of thiazole rings is 1. The molecule has 1 aromatic heterocycles. The third-order valence-electron chi connectivity index (χ3n) is 6.17. The number of aromatic nitrogens is 1. The highest BCUT2D eigenvalue weighted by molar-refractivity contribution is 7.10. The number of nitrogens with one attached hydrogen (secondary N) is 2. The van der Waals surface area contributed by atoms with Crippen LogP contribution in [0.15, 0.2) is 53.9 Å². The molecule has 0 saturated carbocycles. The van der Waals surface area contributed by atoms with Gasteiger partial charge in [0.1, 0.15) is 5.69 Å². The number of piperidine rings is 1. The minimum absolute atomic E-state index is 0.0590. The highest BCUT2D eigenvalue weighted by Gasteiger charge is 2.26. The number of anilines is 1. The van der Waals surface area contributed by atoms with Crippen LogP contribution >= 0.6 is 11.3 Å². The Morgan fingerprint density at radius 1 is 1.09 bits per heavy atom. The van der Waals surface area contributed by atoms with Crippen molar-refractivity contribution in [3.63, 3.8) is 0 Å². The number of hydrogen-bond donors (Lipinski definition) is 2. The van der Waals surface area contributed by atoms with Crippen LogP contribution in [0.1, 0.15) is 53.2 Å². The molecule has 1 aliphatic heterocycles. The maximum absolute atomic E-state index is 13.0. The Kier molecular flexibility index (Phi) is 7.92. The second-order valence-corrected chi connectivity index (χ2v) is 9.72. The van der Waals surface area contributed by atoms with Crippen LogP contribution in [-0.4, -0.2) is 47.2 Å². The van der Waals surface area contributed by atoms with Gasteiger partial charge in [0, 0.05) is 55.5 Å². The van der Waals surface area contributed by atoms with Gasteiger partial charge in [0.25, 0.3) is 5.91 Å². The fourth-order valence-electron chi connectivity index (χ4n) is 4.27. The van der Waals surface area contributed by atoms with Crippen molar-refractivity contribution in [2.24, 2.45) is 0 Å². The van der Waals surface area contributed by atoms with Crippen molar-refractivity contribution in [2.45, 2.75) is 39.0 Å². The molecule has 2 aromatic carbocycles. The molecule has 0 aliphatic carbocycles. The normalized spacial score (nSPS) is 13.9. The Bertz CT molecular complexity index is 1200. The summed E-state index contributed by atoms with van der Waals surface area (Å²) < 4.78 is 0. The van der Waals surface area contributed by atoms with E-state index >= 15 is 0 Å². The molecule has 0 bridgehead atoms. The predicted octanol–water partition coefficient (Wildman–Crippen LogP) is 4.60. The van der Waals surface area contributed by atoms with E-state index in [0.29, 0.717) is 31.7 Å². The molecule has 35 heavy (non-hydrogen) atoms. The first kappa shape index (κ1) is 24.6. The second-order valence-electron chi connectivity index (χ2n) is 8.83. The molecule has 4 rings (SSSR count). The second kappa shape index (κ2) is 11.3. The number of nitrogens with zero attached hydrogens (tertiary/aromatic N) is 2. The third-order valence-corrected chi connectivity index (χ3v) is 7.18. The summed E-state index contributed by atoms with van der Waals surface area (Å²) in [4.78, 5) is 42.8. The molecule has 0 unspecified atom stereocenters. The van der Waals surface area contributed by atoms with E-state index in [1.165, 1.54) is 18.3 Å². The van der Waals surface area contributed by atoms with E-state index in [9.17, 15) is 14.4 Å². The lowest BCUT2D eigenvalue weighted by atomic mass is 9.97. The topological polar surface area (TPSA) is 91.4 Å². The highest BCUT2D eigenvalue weighted by atomic mass is 32.1. The van der Waals surface area contributed by atoms with Crippen LogP contribution in [0, 0.1) is 6.92 Å². The van der Waals surface area contributed by atoms with Crippen molar-refractivity contribution < 1.29 is 14.4 Å². The fourth-order valence-corrected chi connectivity index (χ4v) is 5.24. The molecule has 0 radical (unpaired) electrons. The van der Waals surface area contributed by atoms with Gasteiger partial charge >= 0.3 is 0 Å². The van der Waals surface area contributed by atoms with Gasteiger partial charge in [-0.3, -0.25) is 14.4 Å². The van der Waals surface area contributed by atoms with Crippen LogP contribution in [-0.2, 0) is 9.59 Å². The molecule has 0 atom stereocenters. The molecule has 2 N–H and O–H groups in total. The van der Waals surface area contributed by atoms with Gasteiger partial charge in [0.15, 0.2) is 0 Å². The third kappa shape index (κ3) is 6.33. The molecule has 1 saturated heterocycles. The Morgan fingerprint density at radius 3 is 2.54 bits per heavy atom. The summed E-state index contributed by atoms with van der Waals surface area (Å²) in [6, 6.07) is 16.0. The van der Waals surface area contributed by atoms with Gasteiger partial charge in [0.2, 0.25) is 11.8 Å². The van der Waals surface area contributed by atoms with Gasteiger partial charge in [-0.25, -0.2) is 4.98 Å². The van der Waals surface area contributed by atoms with Crippen LogP contribution in [0.3, 0.4) is 0 Å². The Hall–Kier alpha value is -3.52. The van der Waals surface area contributed by atoms with E-state index < -0.39 is 0 Å². The van der Waals surface area contributed by atoms with Crippen molar-refractivity contribution in [1.82, 2.24) is 15.2 Å². The minimum atomic E-state index is -0.223. The van der Waals surface area contributed by atoms with Gasteiger partial charge in [-0.15, -0.1) is 11.3 Å². The maximum Gasteiger partial charge on any atom is 0.275 e. The number of rotatable bonds is 7. The molecule has 1 fully saturated rings. The number of benzene rings is 2. The summed E-state index contributed by atoms with van der Waals surface area (Å²) in [6.45, 7) is 5.17. The monoisotopic (exact) mass is 490 g/mol. The van der Waals surface area contributed by atoms with Gasteiger partial charge < -0.3 is 15.5 Å². The summed E-state index contributed by atoms with van der Waals surface area (Å²) >= 11 is 1.50. The first-order chi connectivity index (χ1) is 16.9. The highest BCUT2D eigenvalue weighted by Crippen LogP contribution is 2.32. The van der Waals surface area contributed by atoms with Crippen molar-refractivity contribution >= 4 is 34.7 Å². The van der Waals surface area contributed by atoms with E-state index in [1.54, 1.807) is 0 Å². The SMILES string of the molecule is CC(=O)NCCC(=O)N1CCC(c2nc(C(=O)Nc3ccc(C)cc3-c3ccccc3)cs2)CC1. The van der Waals surface area contributed by atoms with Gasteiger partial charge in [-0.2, -0.15) is 0 Å². The zero-order valence-corrected chi connectivity index (χ0v) is 20.9. The van der Waals surface area contributed by atoms with E-state index in [4.69, 9.17) is 0 Å². The van der Waals surface area contributed by atoms with E-state index in [-0.39, 0.29) is 23.6 Å². The molecule has 182 valence electrons. The summed E-state index contributed by atoms with van der Waals surface area (Å²) in [5, 5.41) is 8.45. The summed E-state index contributed by atoms with van der Waals surface area (Å²) in [5.74, 6) is -0.0539. The summed E-state index contributed by atoms with van der Waals surface area (Å²) in [5.41, 5.74) is 4.32. The van der Waals surface area contributed by atoms with Crippen molar-refractivity contribution in [3.8, 4) is 11.1 Å². The summed E-state index contributed by atoms with van der Waals surface area (Å²) in [7, 11) is 0. The molecule has 0 spiro atoms. The number of carbonyl (C=O) groups excluding carboxylic acids is 3. The maximum atomic E-state index is 13.0. The molecular formula is C27H30N4O3S. The molecular weight excluding hydrogens is 460 g/mol. The lowest BCUT2D eigenvalue weighted by Crippen LogP contribution is -2.39. The zero-order chi connectivity index (χ0) is 24.8. The molecule has 7 nitrogen and oxygen atoms in total. The van der Waals surface area contributed by atoms with Crippen LogP contribution in [0.25, 0.3) is 11.1 Å². The molecule has 3 amide bonds. The van der Waals surface area contributed by atoms with E-state index in [1.807, 2.05) is 59.7 Å². The molecule has 1 aliphatic rings. The minimum Gasteiger partial charge on any atom is -0.356 e. The average molecular weight is 491 g/mol. The first-order valence-corrected chi connectivity index (χ1v) is 12.7. The Labute approximate surface area is 209 Å². The zero-order valence-electron chi connectivity index (χ0n) is 20.0. The average Bonchev–Trinajstić information content (AvgIpc) is 3.36. The smallest absolute Gasteiger partial charge is 0.275 e. The van der Waals surface area contributed by atoms with Gasteiger partial charge in [0.05, 0.1) is 5.01 Å². The van der Waals surface area contributed by atoms with E-state index in [2.05, 4.69) is 21.7 Å². The van der Waals surface area contributed by atoms with Crippen molar-refractivity contribution in [2.75, 3.05) is 25.0 Å². The van der Waals surface area contributed by atoms with Crippen LogP contribution in [0.2, 0.25) is 0 Å². The molecule has 3 aromatic rings.